The van der Waals surface area contributed by atoms with Gasteiger partial charge in [0.1, 0.15) is 12.0 Å². The van der Waals surface area contributed by atoms with Crippen molar-refractivity contribution in [3.8, 4) is 11.8 Å². The van der Waals surface area contributed by atoms with Crippen molar-refractivity contribution in [2.24, 2.45) is 4.99 Å². The van der Waals surface area contributed by atoms with Gasteiger partial charge in [-0.25, -0.2) is 14.6 Å². The van der Waals surface area contributed by atoms with Crippen LogP contribution < -0.4 is 15.6 Å². The quantitative estimate of drug-likeness (QED) is 0.0200. The van der Waals surface area contributed by atoms with Crippen LogP contribution in [0.15, 0.2) is 101 Å². The number of ether oxygens (including phenoxy) is 2. The number of aromatic nitrogens is 4. The largest absolute Gasteiger partial charge is 0.497 e. The summed E-state index contributed by atoms with van der Waals surface area (Å²) in [5, 5.41) is 13.5. The molecule has 1 saturated heterocycles. The molecule has 6 rings (SSSR count). The van der Waals surface area contributed by atoms with Crippen molar-refractivity contribution in [2.75, 3.05) is 33.4 Å². The molecule has 2 aromatic heterocycles. The maximum atomic E-state index is 13.5. The third kappa shape index (κ3) is 11.6. The van der Waals surface area contributed by atoms with Crippen LogP contribution in [-0.4, -0.2) is 93.1 Å². The van der Waals surface area contributed by atoms with Crippen molar-refractivity contribution < 1.29 is 18.5 Å². The number of fused-ring (bicyclic) bond motifs is 1. The van der Waals surface area contributed by atoms with E-state index >= 15 is 0 Å². The van der Waals surface area contributed by atoms with E-state index in [0.717, 1.165) is 61.2 Å². The molecule has 0 amide bonds. The second-order valence-corrected chi connectivity index (χ2v) is 17.8. The molecule has 15 heteroatoms. The predicted octanol–water partition coefficient (Wildman–Crippen LogP) is 9.22. The van der Waals surface area contributed by atoms with Gasteiger partial charge in [0, 0.05) is 38.1 Å². The Morgan fingerprint density at radius 1 is 0.984 bits per heavy atom. The first-order chi connectivity index (χ1) is 30.6. The van der Waals surface area contributed by atoms with E-state index in [2.05, 4.69) is 138 Å². The van der Waals surface area contributed by atoms with Gasteiger partial charge < -0.3 is 23.4 Å². The van der Waals surface area contributed by atoms with Crippen LogP contribution in [0.4, 0.5) is 5.95 Å². The number of nitriles is 1. The molecular weight excluding hydrogens is 814 g/mol. The zero-order chi connectivity index (χ0) is 44.8. The minimum atomic E-state index is -1.63. The number of imidazole rings is 1. The van der Waals surface area contributed by atoms with Crippen LogP contribution >= 0.6 is 8.53 Å². The van der Waals surface area contributed by atoms with Gasteiger partial charge in [0.2, 0.25) is 5.95 Å². The highest BCUT2D eigenvalue weighted by Gasteiger charge is 2.44. The first kappa shape index (κ1) is 47.5. The van der Waals surface area contributed by atoms with E-state index in [1.165, 1.54) is 0 Å². The summed E-state index contributed by atoms with van der Waals surface area (Å²) in [5.41, 5.74) is 2.48. The predicted molar refractivity (Wildman–Crippen MR) is 250 cm³/mol. The van der Waals surface area contributed by atoms with Gasteiger partial charge in [-0.3, -0.25) is 19.7 Å². The number of aliphatic imine (C=N–C) groups is 1. The van der Waals surface area contributed by atoms with Crippen LogP contribution in [-0.2, 0) is 19.3 Å². The summed E-state index contributed by atoms with van der Waals surface area (Å²) >= 11 is 0. The molecule has 63 heavy (non-hydrogen) atoms. The van der Waals surface area contributed by atoms with Gasteiger partial charge in [-0.15, -0.1) is 0 Å². The van der Waals surface area contributed by atoms with Gasteiger partial charge in [-0.05, 0) is 69.4 Å². The first-order valence-electron chi connectivity index (χ1n) is 22.3. The number of nitrogens with one attached hydrogen (secondary N) is 2. The number of nitrogens with zero attached hydrogens (tertiary/aromatic N) is 7. The minimum Gasteiger partial charge on any atom is -0.497 e. The second-order valence-electron chi connectivity index (χ2n) is 16.3. The zero-order valence-corrected chi connectivity index (χ0v) is 38.7. The Labute approximate surface area is 373 Å². The summed E-state index contributed by atoms with van der Waals surface area (Å²) in [6.45, 7) is 15.2. The maximum absolute atomic E-state index is 13.5. The van der Waals surface area contributed by atoms with E-state index < -0.39 is 32.5 Å². The molecule has 3 heterocycles. The van der Waals surface area contributed by atoms with E-state index in [1.54, 1.807) is 19.8 Å². The van der Waals surface area contributed by atoms with Crippen molar-refractivity contribution in [1.82, 2.24) is 34.4 Å². The normalized spacial score (nSPS) is 17.3. The number of unbranched alkanes of at least 4 members (excludes halogenated alkanes) is 2. The highest BCUT2D eigenvalue weighted by molar-refractivity contribution is 7.44. The van der Waals surface area contributed by atoms with E-state index in [9.17, 15) is 10.1 Å². The van der Waals surface area contributed by atoms with Crippen molar-refractivity contribution in [3.63, 3.8) is 0 Å². The van der Waals surface area contributed by atoms with Crippen LogP contribution in [0.1, 0.15) is 103 Å². The van der Waals surface area contributed by atoms with E-state index in [-0.39, 0.29) is 42.1 Å². The van der Waals surface area contributed by atoms with E-state index in [1.807, 2.05) is 28.8 Å². The fraction of sp³-hybridized carbons (Fsp3) is 0.479. The molecule has 0 spiro atoms. The molecular formula is C48H64N9O5P. The number of benzene rings is 3. The summed E-state index contributed by atoms with van der Waals surface area (Å²) in [6, 6.07) is 31.3. The Morgan fingerprint density at radius 3 is 2.17 bits per heavy atom. The highest BCUT2D eigenvalue weighted by Crippen LogP contribution is 2.50. The van der Waals surface area contributed by atoms with E-state index in [0.29, 0.717) is 18.6 Å². The van der Waals surface area contributed by atoms with Crippen molar-refractivity contribution >= 4 is 32.0 Å². The lowest BCUT2D eigenvalue weighted by molar-refractivity contribution is -0.0161. The Kier molecular flexibility index (Phi) is 17.4. The Morgan fingerprint density at radius 2 is 1.60 bits per heavy atom. The molecule has 14 nitrogen and oxygen atoms in total. The Hall–Kier alpha value is -5.00. The highest BCUT2D eigenvalue weighted by atomic mass is 31.2. The molecule has 3 aromatic carbocycles. The molecule has 0 aliphatic carbocycles. The molecule has 0 bridgehead atoms. The first-order valence-corrected chi connectivity index (χ1v) is 23.4. The SMILES string of the molecule is CCCCN(/C=N/c1nc2c(ncn2[C@H]2C[C@H](OP(OCCC#N)N(C(C)C)C(C)C)[C@@H](CNC(c3ccccc3)(c3ccccc3)c3ccc(OC)cc3)O2)c(=O)[nH]1)CCCC. The summed E-state index contributed by atoms with van der Waals surface area (Å²) in [5.74, 6) is 0.957. The van der Waals surface area contributed by atoms with Crippen LogP contribution in [0.25, 0.3) is 11.2 Å². The molecule has 336 valence electrons. The van der Waals surface area contributed by atoms with Crippen LogP contribution in [0.5, 0.6) is 5.75 Å². The summed E-state index contributed by atoms with van der Waals surface area (Å²) in [7, 11) is 0.0389. The third-order valence-electron chi connectivity index (χ3n) is 11.2. The zero-order valence-electron chi connectivity index (χ0n) is 37.8. The second kappa shape index (κ2) is 23.1. The fourth-order valence-corrected chi connectivity index (χ4v) is 9.88. The maximum Gasteiger partial charge on any atom is 0.280 e. The lowest BCUT2D eigenvalue weighted by Crippen LogP contribution is -2.49. The molecule has 0 saturated carbocycles. The Balaban J connectivity index is 1.41. The van der Waals surface area contributed by atoms with Crippen molar-refractivity contribution in [1.29, 1.82) is 5.26 Å². The van der Waals surface area contributed by atoms with Crippen molar-refractivity contribution in [2.45, 2.75) is 116 Å². The van der Waals surface area contributed by atoms with Crippen LogP contribution in [0, 0.1) is 11.3 Å². The number of methoxy groups -OCH3 is 1. The molecule has 1 unspecified atom stereocenters. The number of hydrogen-bond acceptors (Lipinski definition) is 11. The molecule has 1 fully saturated rings. The van der Waals surface area contributed by atoms with Gasteiger partial charge >= 0.3 is 0 Å². The molecule has 2 N–H and O–H groups in total. The molecule has 1 aliphatic rings. The van der Waals surface area contributed by atoms with Crippen LogP contribution in [0.2, 0.25) is 0 Å². The summed E-state index contributed by atoms with van der Waals surface area (Å²) < 4.78 is 30.2. The molecule has 1 aliphatic heterocycles. The lowest BCUT2D eigenvalue weighted by Gasteiger charge is -2.39. The van der Waals surface area contributed by atoms with Gasteiger partial charge in [0.05, 0.1) is 56.6 Å². The van der Waals surface area contributed by atoms with Gasteiger partial charge in [0.25, 0.3) is 14.1 Å². The number of hydrogen-bond donors (Lipinski definition) is 2. The van der Waals surface area contributed by atoms with E-state index in [4.69, 9.17) is 23.5 Å². The molecule has 4 atom stereocenters. The third-order valence-corrected chi connectivity index (χ3v) is 13.4. The van der Waals surface area contributed by atoms with Gasteiger partial charge in [-0.2, -0.15) is 10.2 Å². The summed E-state index contributed by atoms with van der Waals surface area (Å²) in [4.78, 5) is 32.5. The number of rotatable bonds is 24. The number of aromatic amines is 1. The topological polar surface area (TPSA) is 155 Å². The standard InChI is InChI=1S/C48H64N9O5P/c1-8-10-28-55(29-11-9-2)33-51-47-53-45-44(46(58)54-47)50-34-56(45)43-31-41(62-63(60-30-18-27-49)57(35(3)4)36(5)6)42(61-43)32-52-48(37-19-14-12-15-20-37,38-21-16-13-17-22-38)39-23-25-40(59-7)26-24-39/h12-17,19-26,33-36,41-43,52H,8-11,18,28-32H2,1-7H3,(H,53,54,58)/b51-33+/t41-,42+,43+,63?/m0/s1. The van der Waals surface area contributed by atoms with Gasteiger partial charge in [-0.1, -0.05) is 99.5 Å². The number of H-pyrrole nitrogens is 1. The molecule has 5 aromatic rings. The average Bonchev–Trinajstić information content (AvgIpc) is 3.91. The average molecular weight is 878 g/mol. The monoisotopic (exact) mass is 877 g/mol. The molecule has 0 radical (unpaired) electrons. The fourth-order valence-electron chi connectivity index (χ4n) is 8.12. The summed E-state index contributed by atoms with van der Waals surface area (Å²) in [6.07, 6.45) is 6.65. The minimum absolute atomic E-state index is 0.0964. The lowest BCUT2D eigenvalue weighted by atomic mass is 9.77. The smallest absolute Gasteiger partial charge is 0.280 e. The van der Waals surface area contributed by atoms with Crippen LogP contribution in [0.3, 0.4) is 0 Å². The van der Waals surface area contributed by atoms with Gasteiger partial charge in [0.15, 0.2) is 11.2 Å². The Bertz CT molecular complexity index is 2230. The van der Waals surface area contributed by atoms with Crippen molar-refractivity contribution in [3.05, 3.63) is 118 Å².